The summed E-state index contributed by atoms with van der Waals surface area (Å²) >= 11 is 3.36. The topological polar surface area (TPSA) is 41.6 Å². The van der Waals surface area contributed by atoms with Crippen molar-refractivity contribution in [3.8, 4) is 5.75 Å². The van der Waals surface area contributed by atoms with Gasteiger partial charge in [0.05, 0.1) is 0 Å². The molecule has 0 unspecified atom stereocenters. The number of amides is 1. The summed E-state index contributed by atoms with van der Waals surface area (Å²) in [5.41, 5.74) is 1.84. The van der Waals surface area contributed by atoms with Crippen LogP contribution in [0.1, 0.15) is 0 Å². The first kappa shape index (κ1) is 15.4. The van der Waals surface area contributed by atoms with Gasteiger partial charge in [-0.05, 0) is 42.5 Å². The summed E-state index contributed by atoms with van der Waals surface area (Å²) in [7, 11) is 3.94. The number of carbonyl (C=O) groups is 1. The monoisotopic (exact) mass is 348 g/mol. The number of benzene rings is 2. The lowest BCUT2D eigenvalue weighted by molar-refractivity contribution is -0.118. The average Bonchev–Trinajstić information content (AvgIpc) is 2.46. The predicted octanol–water partition coefficient (Wildman–Crippen LogP) is 3.53. The lowest BCUT2D eigenvalue weighted by Gasteiger charge is -2.13. The summed E-state index contributed by atoms with van der Waals surface area (Å²) in [6, 6.07) is 15.0. The van der Waals surface area contributed by atoms with E-state index in [0.29, 0.717) is 5.75 Å². The van der Waals surface area contributed by atoms with Gasteiger partial charge in [-0.1, -0.05) is 22.0 Å². The van der Waals surface area contributed by atoms with Gasteiger partial charge in [-0.15, -0.1) is 0 Å². The first-order valence-corrected chi connectivity index (χ1v) is 7.29. The van der Waals surface area contributed by atoms with E-state index in [1.54, 1.807) is 0 Å². The summed E-state index contributed by atoms with van der Waals surface area (Å²) < 4.78 is 6.35. The molecule has 0 atom stereocenters. The van der Waals surface area contributed by atoms with E-state index in [9.17, 15) is 4.79 Å². The fourth-order valence-corrected chi connectivity index (χ4v) is 2.12. The molecule has 0 saturated carbocycles. The second-order valence-electron chi connectivity index (χ2n) is 4.74. The molecule has 0 aliphatic rings. The van der Waals surface area contributed by atoms with Gasteiger partial charge in [0.15, 0.2) is 6.61 Å². The Labute approximate surface area is 132 Å². The molecule has 1 amide bonds. The molecular weight excluding hydrogens is 332 g/mol. The fourth-order valence-electron chi connectivity index (χ4n) is 1.75. The van der Waals surface area contributed by atoms with E-state index in [-0.39, 0.29) is 12.5 Å². The van der Waals surface area contributed by atoms with Gasteiger partial charge in [0.2, 0.25) is 0 Å². The van der Waals surface area contributed by atoms with E-state index in [1.807, 2.05) is 67.5 Å². The Hall–Kier alpha value is -2.01. The number of hydrogen-bond acceptors (Lipinski definition) is 3. The highest BCUT2D eigenvalue weighted by molar-refractivity contribution is 9.10. The van der Waals surface area contributed by atoms with Crippen LogP contribution in [-0.2, 0) is 4.79 Å². The summed E-state index contributed by atoms with van der Waals surface area (Å²) in [6.45, 7) is -0.0219. The van der Waals surface area contributed by atoms with Gasteiger partial charge in [0, 0.05) is 29.9 Å². The molecule has 2 rings (SSSR count). The molecule has 0 aliphatic carbocycles. The molecule has 0 spiro atoms. The van der Waals surface area contributed by atoms with Crippen molar-refractivity contribution < 1.29 is 9.53 Å². The van der Waals surface area contributed by atoms with Gasteiger partial charge in [0.25, 0.3) is 5.91 Å². The van der Waals surface area contributed by atoms with E-state index in [2.05, 4.69) is 21.2 Å². The summed E-state index contributed by atoms with van der Waals surface area (Å²) in [5.74, 6) is 0.468. The lowest BCUT2D eigenvalue weighted by atomic mass is 10.2. The van der Waals surface area contributed by atoms with Crippen molar-refractivity contribution in [1.29, 1.82) is 0 Å². The van der Waals surface area contributed by atoms with Crippen LogP contribution in [0, 0.1) is 0 Å². The molecule has 0 fully saturated rings. The average molecular weight is 349 g/mol. The number of halogens is 1. The van der Waals surface area contributed by atoms with Gasteiger partial charge in [-0.25, -0.2) is 0 Å². The number of nitrogens with one attached hydrogen (secondary N) is 1. The van der Waals surface area contributed by atoms with Crippen molar-refractivity contribution in [1.82, 2.24) is 0 Å². The van der Waals surface area contributed by atoms with Gasteiger partial charge < -0.3 is 15.0 Å². The van der Waals surface area contributed by atoms with Crippen molar-refractivity contribution in [3.05, 3.63) is 53.0 Å². The molecule has 0 aromatic heterocycles. The molecule has 1 N–H and O–H groups in total. The Kier molecular flexibility index (Phi) is 5.22. The molecule has 0 aliphatic heterocycles. The maximum atomic E-state index is 11.8. The number of carbonyl (C=O) groups excluding carboxylic acids is 1. The number of nitrogens with zero attached hydrogens (tertiary/aromatic N) is 1. The first-order valence-electron chi connectivity index (χ1n) is 6.50. The highest BCUT2D eigenvalue weighted by Crippen LogP contribution is 2.18. The van der Waals surface area contributed by atoms with Crippen molar-refractivity contribution in [2.45, 2.75) is 0 Å². The predicted molar refractivity (Wildman–Crippen MR) is 89.0 cm³/mol. The molecule has 2 aromatic carbocycles. The second kappa shape index (κ2) is 7.13. The highest BCUT2D eigenvalue weighted by atomic mass is 79.9. The molecule has 0 heterocycles. The van der Waals surface area contributed by atoms with Crippen molar-refractivity contribution in [2.24, 2.45) is 0 Å². The van der Waals surface area contributed by atoms with Crippen LogP contribution >= 0.6 is 15.9 Å². The van der Waals surface area contributed by atoms with Crippen LogP contribution in [-0.4, -0.2) is 26.6 Å². The molecule has 110 valence electrons. The van der Waals surface area contributed by atoms with Crippen molar-refractivity contribution in [2.75, 3.05) is 30.9 Å². The van der Waals surface area contributed by atoms with Crippen LogP contribution in [0.15, 0.2) is 53.0 Å². The zero-order chi connectivity index (χ0) is 15.2. The van der Waals surface area contributed by atoms with Crippen LogP contribution in [0.3, 0.4) is 0 Å². The molecule has 5 heteroatoms. The smallest absolute Gasteiger partial charge is 0.262 e. The molecule has 0 saturated heterocycles. The van der Waals surface area contributed by atoms with E-state index in [4.69, 9.17) is 4.74 Å². The van der Waals surface area contributed by atoms with Gasteiger partial charge in [0.1, 0.15) is 5.75 Å². The molecule has 0 radical (unpaired) electrons. The summed E-state index contributed by atoms with van der Waals surface area (Å²) in [5, 5.41) is 2.80. The lowest BCUT2D eigenvalue weighted by Crippen LogP contribution is -2.20. The summed E-state index contributed by atoms with van der Waals surface area (Å²) in [6.07, 6.45) is 0. The maximum Gasteiger partial charge on any atom is 0.262 e. The minimum absolute atomic E-state index is 0.0219. The molecule has 2 aromatic rings. The molecule has 0 bridgehead atoms. The molecular formula is C16H17BrN2O2. The quantitative estimate of drug-likeness (QED) is 0.898. The van der Waals surface area contributed by atoms with E-state index in [0.717, 1.165) is 15.8 Å². The first-order chi connectivity index (χ1) is 10.0. The minimum Gasteiger partial charge on any atom is -0.484 e. The third-order valence-corrected chi connectivity index (χ3v) is 3.33. The second-order valence-corrected chi connectivity index (χ2v) is 5.65. The van der Waals surface area contributed by atoms with E-state index >= 15 is 0 Å². The van der Waals surface area contributed by atoms with Crippen LogP contribution in [0.25, 0.3) is 0 Å². The standard InChI is InChI=1S/C16H17BrN2O2/c1-19(2)14-8-6-13(7-9-14)18-16(20)11-21-15-5-3-4-12(17)10-15/h3-10H,11H2,1-2H3,(H,18,20). The van der Waals surface area contributed by atoms with Crippen LogP contribution in [0.5, 0.6) is 5.75 Å². The van der Waals surface area contributed by atoms with Crippen LogP contribution < -0.4 is 15.0 Å². The number of ether oxygens (including phenoxy) is 1. The van der Waals surface area contributed by atoms with E-state index in [1.165, 1.54) is 0 Å². The van der Waals surface area contributed by atoms with Gasteiger partial charge in [-0.2, -0.15) is 0 Å². The Bertz CT molecular complexity index is 612. The Morgan fingerprint density at radius 3 is 2.52 bits per heavy atom. The number of rotatable bonds is 5. The summed E-state index contributed by atoms with van der Waals surface area (Å²) in [4.78, 5) is 13.8. The molecule has 4 nitrogen and oxygen atoms in total. The zero-order valence-electron chi connectivity index (χ0n) is 12.0. The van der Waals surface area contributed by atoms with Gasteiger partial charge in [-0.3, -0.25) is 4.79 Å². The highest BCUT2D eigenvalue weighted by Gasteiger charge is 2.04. The zero-order valence-corrected chi connectivity index (χ0v) is 13.6. The van der Waals surface area contributed by atoms with Crippen LogP contribution in [0.2, 0.25) is 0 Å². The third kappa shape index (κ3) is 4.79. The fraction of sp³-hybridized carbons (Fsp3) is 0.188. The van der Waals surface area contributed by atoms with E-state index < -0.39 is 0 Å². The normalized spacial score (nSPS) is 10.0. The van der Waals surface area contributed by atoms with Crippen LogP contribution in [0.4, 0.5) is 11.4 Å². The molecule has 21 heavy (non-hydrogen) atoms. The number of hydrogen-bond donors (Lipinski definition) is 1. The van der Waals surface area contributed by atoms with Crippen molar-refractivity contribution >= 4 is 33.2 Å². The SMILES string of the molecule is CN(C)c1ccc(NC(=O)COc2cccc(Br)c2)cc1. The minimum atomic E-state index is -0.187. The Balaban J connectivity index is 1.87. The Morgan fingerprint density at radius 2 is 1.90 bits per heavy atom. The third-order valence-electron chi connectivity index (χ3n) is 2.83. The Morgan fingerprint density at radius 1 is 1.19 bits per heavy atom. The maximum absolute atomic E-state index is 11.8. The van der Waals surface area contributed by atoms with Gasteiger partial charge >= 0.3 is 0 Å². The van der Waals surface area contributed by atoms with Crippen molar-refractivity contribution in [3.63, 3.8) is 0 Å². The number of anilines is 2. The largest absolute Gasteiger partial charge is 0.484 e.